The van der Waals surface area contributed by atoms with Crippen molar-refractivity contribution < 1.29 is 27.5 Å². The molecule has 1 heterocycles. The number of benzene rings is 1. The van der Waals surface area contributed by atoms with E-state index in [1.807, 2.05) is 6.92 Å². The highest BCUT2D eigenvalue weighted by Crippen LogP contribution is 2.62. The minimum atomic E-state index is -3.79. The minimum absolute atomic E-state index is 0.178. The van der Waals surface area contributed by atoms with Crippen molar-refractivity contribution in [2.24, 2.45) is 11.8 Å². The third-order valence-electron chi connectivity index (χ3n) is 5.34. The van der Waals surface area contributed by atoms with E-state index >= 15 is 0 Å². The zero-order chi connectivity index (χ0) is 18.6. The Morgan fingerprint density at radius 3 is 2.24 bits per heavy atom. The van der Waals surface area contributed by atoms with Gasteiger partial charge in [0.25, 0.3) is 0 Å². The highest BCUT2D eigenvalue weighted by atomic mass is 32.2. The van der Waals surface area contributed by atoms with Crippen LogP contribution in [0.4, 0.5) is 0 Å². The van der Waals surface area contributed by atoms with E-state index in [0.29, 0.717) is 0 Å². The van der Waals surface area contributed by atoms with E-state index in [1.54, 1.807) is 24.3 Å². The molecule has 0 amide bonds. The van der Waals surface area contributed by atoms with Crippen LogP contribution in [0.1, 0.15) is 25.8 Å². The van der Waals surface area contributed by atoms with Crippen LogP contribution in [0.3, 0.4) is 0 Å². The van der Waals surface area contributed by atoms with Crippen molar-refractivity contribution in [1.82, 2.24) is 0 Å². The van der Waals surface area contributed by atoms with Gasteiger partial charge in [-0.1, -0.05) is 17.7 Å². The lowest BCUT2D eigenvalue weighted by Crippen LogP contribution is -2.46. The zero-order valence-electron chi connectivity index (χ0n) is 14.7. The maximum atomic E-state index is 13.4. The van der Waals surface area contributed by atoms with Gasteiger partial charge in [-0.2, -0.15) is 0 Å². The molecule has 1 aliphatic heterocycles. The summed E-state index contributed by atoms with van der Waals surface area (Å²) in [5.41, 5.74) is 0.947. The molecule has 1 aliphatic carbocycles. The van der Waals surface area contributed by atoms with Gasteiger partial charge in [-0.25, -0.2) is 8.42 Å². The van der Waals surface area contributed by atoms with Crippen LogP contribution < -0.4 is 0 Å². The molecule has 7 heteroatoms. The van der Waals surface area contributed by atoms with Gasteiger partial charge in [-0.3, -0.25) is 9.59 Å². The average Bonchev–Trinajstić information content (AvgIpc) is 3.18. The highest BCUT2D eigenvalue weighted by Gasteiger charge is 2.77. The van der Waals surface area contributed by atoms with E-state index in [9.17, 15) is 18.0 Å². The first kappa shape index (κ1) is 18.2. The Morgan fingerprint density at radius 2 is 1.76 bits per heavy atom. The molecule has 1 saturated carbocycles. The number of carbonyl (C=O) groups excluding carboxylic acids is 2. The molecule has 0 unspecified atom stereocenters. The van der Waals surface area contributed by atoms with Gasteiger partial charge in [-0.05, 0) is 39.3 Å². The van der Waals surface area contributed by atoms with E-state index < -0.39 is 38.8 Å². The number of ketones is 2. The molecule has 0 aromatic heterocycles. The molecule has 6 nitrogen and oxygen atoms in total. The molecular formula is C18H22O6S. The molecule has 2 aliphatic rings. The number of fused-ring (bicyclic) bond motifs is 1. The number of hydrogen-bond donors (Lipinski definition) is 0. The van der Waals surface area contributed by atoms with Crippen LogP contribution in [0.25, 0.3) is 0 Å². The van der Waals surface area contributed by atoms with Crippen LogP contribution in [0, 0.1) is 18.8 Å². The number of Topliss-reactive ketones (excluding diaryl/α,β-unsaturated/α-hetero) is 2. The molecule has 2 fully saturated rings. The van der Waals surface area contributed by atoms with Crippen molar-refractivity contribution in [3.8, 4) is 0 Å². The summed E-state index contributed by atoms with van der Waals surface area (Å²) in [6, 6.07) is 6.57. The molecule has 25 heavy (non-hydrogen) atoms. The lowest BCUT2D eigenvalue weighted by Gasteiger charge is -2.30. The second kappa shape index (κ2) is 6.00. The summed E-state index contributed by atoms with van der Waals surface area (Å²) in [6.45, 7) is 4.49. The summed E-state index contributed by atoms with van der Waals surface area (Å²) in [6.07, 6.45) is -1.18. The molecule has 1 aromatic carbocycles. The third kappa shape index (κ3) is 2.56. The maximum absolute atomic E-state index is 13.4. The Kier molecular flexibility index (Phi) is 4.38. The summed E-state index contributed by atoms with van der Waals surface area (Å²) >= 11 is 0. The SMILES string of the molecule is CO[C@@H]1O[C@@H]2C[C@]2(S(=O)(=O)c2ccc(C)cc2)[C@H]1C(C(C)=O)C(C)=O. The van der Waals surface area contributed by atoms with Crippen LogP contribution in [0.5, 0.6) is 0 Å². The summed E-state index contributed by atoms with van der Waals surface area (Å²) in [7, 11) is -2.40. The number of rotatable bonds is 6. The van der Waals surface area contributed by atoms with Crippen molar-refractivity contribution in [1.29, 1.82) is 0 Å². The predicted molar refractivity (Wildman–Crippen MR) is 89.7 cm³/mol. The monoisotopic (exact) mass is 366 g/mol. The Bertz CT molecular complexity index is 798. The maximum Gasteiger partial charge on any atom is 0.187 e. The molecule has 0 N–H and O–H groups in total. The smallest absolute Gasteiger partial charge is 0.187 e. The van der Waals surface area contributed by atoms with Gasteiger partial charge in [-0.15, -0.1) is 0 Å². The van der Waals surface area contributed by atoms with Gasteiger partial charge in [0, 0.05) is 13.0 Å². The van der Waals surface area contributed by atoms with Crippen molar-refractivity contribution in [3.05, 3.63) is 29.8 Å². The third-order valence-corrected chi connectivity index (χ3v) is 7.94. The van der Waals surface area contributed by atoms with Gasteiger partial charge < -0.3 is 9.47 Å². The van der Waals surface area contributed by atoms with Gasteiger partial charge >= 0.3 is 0 Å². The Labute approximate surface area is 147 Å². The molecule has 136 valence electrons. The molecule has 3 rings (SSSR count). The van der Waals surface area contributed by atoms with Gasteiger partial charge in [0.2, 0.25) is 0 Å². The Balaban J connectivity index is 2.11. The molecule has 1 aromatic rings. The number of ether oxygens (including phenoxy) is 2. The van der Waals surface area contributed by atoms with Crippen molar-refractivity contribution in [2.45, 2.75) is 49.2 Å². The summed E-state index contributed by atoms with van der Waals surface area (Å²) in [5, 5.41) is 0. The first-order valence-electron chi connectivity index (χ1n) is 8.17. The van der Waals surface area contributed by atoms with E-state index in [2.05, 4.69) is 0 Å². The minimum Gasteiger partial charge on any atom is -0.355 e. The summed E-state index contributed by atoms with van der Waals surface area (Å²) in [5.74, 6) is -2.63. The van der Waals surface area contributed by atoms with Crippen LogP contribution in [0.15, 0.2) is 29.2 Å². The highest BCUT2D eigenvalue weighted by molar-refractivity contribution is 7.93. The van der Waals surface area contributed by atoms with E-state index in [-0.39, 0.29) is 22.9 Å². The normalized spacial score (nSPS) is 31.0. The van der Waals surface area contributed by atoms with E-state index in [4.69, 9.17) is 9.47 Å². The first-order valence-corrected chi connectivity index (χ1v) is 9.65. The molecule has 0 radical (unpaired) electrons. The fourth-order valence-corrected chi connectivity index (χ4v) is 6.37. The average molecular weight is 366 g/mol. The van der Waals surface area contributed by atoms with E-state index in [0.717, 1.165) is 5.56 Å². The summed E-state index contributed by atoms with van der Waals surface area (Å²) in [4.78, 5) is 24.4. The predicted octanol–water partition coefficient (Wildman–Crippen LogP) is 1.69. The Morgan fingerprint density at radius 1 is 1.20 bits per heavy atom. The van der Waals surface area contributed by atoms with Gasteiger partial charge in [0.1, 0.15) is 16.3 Å². The lowest BCUT2D eigenvalue weighted by atomic mass is 9.82. The van der Waals surface area contributed by atoms with Crippen molar-refractivity contribution >= 4 is 21.4 Å². The number of carbonyl (C=O) groups is 2. The van der Waals surface area contributed by atoms with E-state index in [1.165, 1.54) is 21.0 Å². The summed E-state index contributed by atoms with van der Waals surface area (Å²) < 4.78 is 36.5. The number of hydrogen-bond acceptors (Lipinski definition) is 6. The molecule has 0 spiro atoms. The largest absolute Gasteiger partial charge is 0.355 e. The Hall–Kier alpha value is -1.57. The van der Waals surface area contributed by atoms with Crippen molar-refractivity contribution in [3.63, 3.8) is 0 Å². The zero-order valence-corrected chi connectivity index (χ0v) is 15.5. The topological polar surface area (TPSA) is 86.7 Å². The lowest BCUT2D eigenvalue weighted by molar-refractivity contribution is -0.155. The molecule has 1 saturated heterocycles. The molecule has 0 bridgehead atoms. The van der Waals surface area contributed by atoms with Crippen LogP contribution in [0.2, 0.25) is 0 Å². The fourth-order valence-electron chi connectivity index (χ4n) is 4.05. The fraction of sp³-hybridized carbons (Fsp3) is 0.556. The number of sulfone groups is 1. The first-order chi connectivity index (χ1) is 11.7. The van der Waals surface area contributed by atoms with Gasteiger partial charge in [0.15, 0.2) is 16.1 Å². The number of methoxy groups -OCH3 is 1. The standard InChI is InChI=1S/C18H22O6S/c1-10-5-7-13(8-6-10)25(21,22)18-9-14(18)24-17(23-4)16(18)15(11(2)19)12(3)20/h5-8,14-17H,9H2,1-4H3/t14-,16+,17-,18-/m1/s1. The number of aryl methyl sites for hydroxylation is 1. The van der Waals surface area contributed by atoms with Crippen LogP contribution in [-0.4, -0.2) is 44.2 Å². The van der Waals surface area contributed by atoms with Crippen LogP contribution in [-0.2, 0) is 28.9 Å². The van der Waals surface area contributed by atoms with Gasteiger partial charge in [0.05, 0.1) is 16.9 Å². The molecular weight excluding hydrogens is 344 g/mol. The second-order valence-electron chi connectivity index (χ2n) is 6.93. The molecule has 4 atom stereocenters. The quantitative estimate of drug-likeness (QED) is 0.712. The second-order valence-corrected chi connectivity index (χ2v) is 9.17. The van der Waals surface area contributed by atoms with Crippen molar-refractivity contribution in [2.75, 3.05) is 7.11 Å². The van der Waals surface area contributed by atoms with Crippen LogP contribution >= 0.6 is 0 Å².